The van der Waals surface area contributed by atoms with Crippen molar-refractivity contribution in [1.82, 2.24) is 4.90 Å². The highest BCUT2D eigenvalue weighted by Gasteiger charge is 2.21. The summed E-state index contributed by atoms with van der Waals surface area (Å²) in [6, 6.07) is 9.88. The summed E-state index contributed by atoms with van der Waals surface area (Å²) < 4.78 is 9.76. The molecule has 5 nitrogen and oxygen atoms in total. The molecule has 1 unspecified atom stereocenters. The van der Waals surface area contributed by atoms with Crippen molar-refractivity contribution in [1.29, 1.82) is 0 Å². The number of amides is 1. The van der Waals surface area contributed by atoms with Crippen molar-refractivity contribution in [2.24, 2.45) is 5.92 Å². The summed E-state index contributed by atoms with van der Waals surface area (Å²) in [5.74, 6) is -0.627. The Balaban J connectivity index is 2.57. The molecule has 0 aliphatic heterocycles. The zero-order valence-electron chi connectivity index (χ0n) is 13.6. The summed E-state index contributed by atoms with van der Waals surface area (Å²) in [7, 11) is 2.95. The molecule has 5 heteroatoms. The lowest BCUT2D eigenvalue weighted by molar-refractivity contribution is -0.146. The normalized spacial score (nSPS) is 11.8. The van der Waals surface area contributed by atoms with E-state index in [-0.39, 0.29) is 17.8 Å². The number of hydrogen-bond donors (Lipinski definition) is 0. The van der Waals surface area contributed by atoms with Gasteiger partial charge in [-0.05, 0) is 12.0 Å². The van der Waals surface area contributed by atoms with Crippen LogP contribution in [0.15, 0.2) is 30.3 Å². The molecule has 0 bridgehead atoms. The number of esters is 1. The largest absolute Gasteiger partial charge is 0.469 e. The van der Waals surface area contributed by atoms with Gasteiger partial charge in [0.15, 0.2) is 0 Å². The van der Waals surface area contributed by atoms with Crippen LogP contribution in [0.2, 0.25) is 0 Å². The van der Waals surface area contributed by atoms with Crippen molar-refractivity contribution in [2.45, 2.75) is 19.8 Å². The minimum atomic E-state index is -0.345. The molecule has 0 aromatic heterocycles. The van der Waals surface area contributed by atoms with Crippen LogP contribution in [-0.4, -0.2) is 50.7 Å². The summed E-state index contributed by atoms with van der Waals surface area (Å²) in [5.41, 5.74) is 1.13. The van der Waals surface area contributed by atoms with E-state index in [4.69, 9.17) is 9.47 Å². The molecule has 1 aromatic rings. The maximum absolute atomic E-state index is 12.4. The highest BCUT2D eigenvalue weighted by molar-refractivity contribution is 5.78. The Morgan fingerprint density at radius 2 is 1.86 bits per heavy atom. The van der Waals surface area contributed by atoms with Crippen molar-refractivity contribution in [3.63, 3.8) is 0 Å². The first-order valence-corrected chi connectivity index (χ1v) is 7.47. The smallest absolute Gasteiger partial charge is 0.310 e. The number of methoxy groups -OCH3 is 2. The fraction of sp³-hybridized carbons (Fsp3) is 0.529. The fourth-order valence-electron chi connectivity index (χ4n) is 2.18. The summed E-state index contributed by atoms with van der Waals surface area (Å²) in [4.78, 5) is 25.6. The Kier molecular flexibility index (Phi) is 8.22. The minimum absolute atomic E-state index is 0.0247. The highest BCUT2D eigenvalue weighted by atomic mass is 16.5. The molecular formula is C17H25NO4. The third-order valence-electron chi connectivity index (χ3n) is 3.49. The molecule has 0 radical (unpaired) electrons. The fourth-order valence-corrected chi connectivity index (χ4v) is 2.18. The third-order valence-corrected chi connectivity index (χ3v) is 3.49. The van der Waals surface area contributed by atoms with Gasteiger partial charge in [0.05, 0.1) is 19.6 Å². The van der Waals surface area contributed by atoms with Crippen molar-refractivity contribution >= 4 is 11.9 Å². The molecule has 0 saturated carbocycles. The predicted octanol–water partition coefficient (Wildman–Crippen LogP) is 1.90. The summed E-state index contributed by atoms with van der Waals surface area (Å²) in [6.07, 6.45) is 1.11. The van der Waals surface area contributed by atoms with Gasteiger partial charge in [0.25, 0.3) is 0 Å². The van der Waals surface area contributed by atoms with Crippen LogP contribution in [0.25, 0.3) is 0 Å². The molecule has 0 fully saturated rings. The van der Waals surface area contributed by atoms with E-state index in [2.05, 4.69) is 0 Å². The first kappa shape index (κ1) is 18.2. The number of nitrogens with zero attached hydrogens (tertiary/aromatic N) is 1. The van der Waals surface area contributed by atoms with Crippen LogP contribution < -0.4 is 0 Å². The zero-order valence-corrected chi connectivity index (χ0v) is 13.6. The SMILES string of the molecule is COCCN(CC(C)C(=O)OC)C(=O)CCc1ccccc1. The number of hydrogen-bond acceptors (Lipinski definition) is 4. The molecule has 122 valence electrons. The lowest BCUT2D eigenvalue weighted by Crippen LogP contribution is -2.39. The van der Waals surface area contributed by atoms with Crippen LogP contribution in [0, 0.1) is 5.92 Å². The number of rotatable bonds is 9. The zero-order chi connectivity index (χ0) is 16.4. The van der Waals surface area contributed by atoms with E-state index in [0.29, 0.717) is 32.5 Å². The average Bonchev–Trinajstić information content (AvgIpc) is 2.56. The number of carbonyl (C=O) groups is 2. The molecule has 0 aliphatic rings. The molecule has 22 heavy (non-hydrogen) atoms. The molecule has 1 aromatic carbocycles. The van der Waals surface area contributed by atoms with Crippen molar-refractivity contribution in [2.75, 3.05) is 33.9 Å². The van der Waals surface area contributed by atoms with Crippen LogP contribution >= 0.6 is 0 Å². The Morgan fingerprint density at radius 3 is 2.45 bits per heavy atom. The lowest BCUT2D eigenvalue weighted by atomic mass is 10.1. The molecule has 0 aliphatic carbocycles. The third kappa shape index (κ3) is 6.26. The molecule has 1 atom stereocenters. The van der Waals surface area contributed by atoms with Gasteiger partial charge in [0.1, 0.15) is 0 Å². The van der Waals surface area contributed by atoms with Gasteiger partial charge >= 0.3 is 5.97 Å². The summed E-state index contributed by atoms with van der Waals surface area (Å²) in [5, 5.41) is 0. The van der Waals surface area contributed by atoms with E-state index in [9.17, 15) is 9.59 Å². The molecule has 0 saturated heterocycles. The molecule has 0 spiro atoms. The van der Waals surface area contributed by atoms with Gasteiger partial charge in [-0.1, -0.05) is 37.3 Å². The molecule has 1 amide bonds. The number of aryl methyl sites for hydroxylation is 1. The Morgan fingerprint density at radius 1 is 1.18 bits per heavy atom. The standard InChI is InChI=1S/C17H25NO4/c1-14(17(20)22-3)13-18(11-12-21-2)16(19)10-9-15-7-5-4-6-8-15/h4-8,14H,9-13H2,1-3H3. The van der Waals surface area contributed by atoms with Gasteiger partial charge < -0.3 is 14.4 Å². The van der Waals surface area contributed by atoms with Crippen molar-refractivity contribution in [3.8, 4) is 0 Å². The predicted molar refractivity (Wildman–Crippen MR) is 84.4 cm³/mol. The first-order valence-electron chi connectivity index (χ1n) is 7.47. The van der Waals surface area contributed by atoms with E-state index >= 15 is 0 Å². The number of benzene rings is 1. The summed E-state index contributed by atoms with van der Waals surface area (Å²) in [6.45, 7) is 3.04. The second-order valence-electron chi connectivity index (χ2n) is 5.24. The van der Waals surface area contributed by atoms with Crippen molar-refractivity contribution in [3.05, 3.63) is 35.9 Å². The minimum Gasteiger partial charge on any atom is -0.469 e. The van der Waals surface area contributed by atoms with Gasteiger partial charge in [-0.15, -0.1) is 0 Å². The van der Waals surface area contributed by atoms with Gasteiger partial charge in [0.2, 0.25) is 5.91 Å². The highest BCUT2D eigenvalue weighted by Crippen LogP contribution is 2.08. The van der Waals surface area contributed by atoms with Gasteiger partial charge in [0, 0.05) is 26.6 Å². The van der Waals surface area contributed by atoms with Crippen LogP contribution in [0.1, 0.15) is 18.9 Å². The van der Waals surface area contributed by atoms with Crippen LogP contribution in [0.4, 0.5) is 0 Å². The second kappa shape index (κ2) is 9.95. The van der Waals surface area contributed by atoms with Gasteiger partial charge in [-0.2, -0.15) is 0 Å². The maximum Gasteiger partial charge on any atom is 0.310 e. The van der Waals surface area contributed by atoms with Gasteiger partial charge in [-0.25, -0.2) is 0 Å². The Labute approximate surface area is 132 Å². The van der Waals surface area contributed by atoms with E-state index in [1.165, 1.54) is 7.11 Å². The average molecular weight is 307 g/mol. The second-order valence-corrected chi connectivity index (χ2v) is 5.24. The number of carbonyl (C=O) groups excluding carboxylic acids is 2. The molecule has 0 heterocycles. The first-order chi connectivity index (χ1) is 10.6. The Hall–Kier alpha value is -1.88. The quantitative estimate of drug-likeness (QED) is 0.654. The van der Waals surface area contributed by atoms with E-state index in [0.717, 1.165) is 5.56 Å². The maximum atomic E-state index is 12.4. The van der Waals surface area contributed by atoms with Crippen LogP contribution in [0.5, 0.6) is 0 Å². The lowest BCUT2D eigenvalue weighted by Gasteiger charge is -2.25. The number of ether oxygens (including phenoxy) is 2. The molecule has 0 N–H and O–H groups in total. The summed E-state index contributed by atoms with van der Waals surface area (Å²) >= 11 is 0. The van der Waals surface area contributed by atoms with E-state index in [1.54, 1.807) is 18.9 Å². The molecule has 1 rings (SSSR count). The van der Waals surface area contributed by atoms with Crippen LogP contribution in [-0.2, 0) is 25.5 Å². The topological polar surface area (TPSA) is 55.8 Å². The van der Waals surface area contributed by atoms with Gasteiger partial charge in [-0.3, -0.25) is 9.59 Å². The van der Waals surface area contributed by atoms with Crippen molar-refractivity contribution < 1.29 is 19.1 Å². The van der Waals surface area contributed by atoms with Crippen LogP contribution in [0.3, 0.4) is 0 Å². The monoisotopic (exact) mass is 307 g/mol. The Bertz CT molecular complexity index is 461. The molecular weight excluding hydrogens is 282 g/mol. The van der Waals surface area contributed by atoms with E-state index < -0.39 is 0 Å². The van der Waals surface area contributed by atoms with E-state index in [1.807, 2.05) is 30.3 Å².